The van der Waals surface area contributed by atoms with Gasteiger partial charge in [0, 0.05) is 18.2 Å². The zero-order valence-corrected chi connectivity index (χ0v) is 13.5. The Balaban J connectivity index is 2.31. The lowest BCUT2D eigenvalue weighted by molar-refractivity contribution is -0.118. The quantitative estimate of drug-likeness (QED) is 0.689. The molecule has 4 N–H and O–H groups in total. The van der Waals surface area contributed by atoms with Crippen LogP contribution in [0.1, 0.15) is 26.5 Å². The monoisotopic (exact) mass is 314 g/mol. The molecule has 1 unspecified atom stereocenters. The zero-order valence-electron chi connectivity index (χ0n) is 12.7. The number of carbonyl (C=O) groups is 2. The van der Waals surface area contributed by atoms with Gasteiger partial charge in [0.1, 0.15) is 5.76 Å². The van der Waals surface area contributed by atoms with Crippen molar-refractivity contribution in [2.75, 3.05) is 17.6 Å². The summed E-state index contributed by atoms with van der Waals surface area (Å²) in [4.78, 5) is 23.5. The van der Waals surface area contributed by atoms with Gasteiger partial charge in [-0.15, -0.1) is 11.8 Å². The number of hydrogen-bond acceptors (Lipinski definition) is 6. The highest BCUT2D eigenvalue weighted by Crippen LogP contribution is 2.14. The van der Waals surface area contributed by atoms with Gasteiger partial charge in [-0.25, -0.2) is 0 Å². The summed E-state index contributed by atoms with van der Waals surface area (Å²) in [7, 11) is 0. The molecule has 1 rings (SSSR count). The first-order valence-corrected chi connectivity index (χ1v) is 7.63. The summed E-state index contributed by atoms with van der Waals surface area (Å²) in [6.07, 6.45) is 0. The van der Waals surface area contributed by atoms with Crippen molar-refractivity contribution in [2.24, 2.45) is 5.73 Å². The molecule has 0 saturated carbocycles. The molecule has 7 nitrogen and oxygen atoms in total. The molecule has 0 fully saturated rings. The fraction of sp³-hybridized carbons (Fsp3) is 0.615. The van der Waals surface area contributed by atoms with Crippen LogP contribution in [0.3, 0.4) is 0 Å². The van der Waals surface area contributed by atoms with Gasteiger partial charge in [-0.1, -0.05) is 5.16 Å². The molecule has 1 aromatic heterocycles. The SMILES string of the molecule is Cc1cc(NC(=O)C(C)SCC(=O)NCC(C)(C)N)no1. The minimum atomic E-state index is -0.450. The van der Waals surface area contributed by atoms with Gasteiger partial charge >= 0.3 is 0 Å². The topological polar surface area (TPSA) is 110 Å². The lowest BCUT2D eigenvalue weighted by Gasteiger charge is -2.19. The van der Waals surface area contributed by atoms with Crippen LogP contribution < -0.4 is 16.4 Å². The maximum absolute atomic E-state index is 11.9. The van der Waals surface area contributed by atoms with Gasteiger partial charge < -0.3 is 20.9 Å². The number of thioether (sulfide) groups is 1. The van der Waals surface area contributed by atoms with Crippen molar-refractivity contribution in [3.63, 3.8) is 0 Å². The van der Waals surface area contributed by atoms with Crippen LogP contribution in [-0.2, 0) is 9.59 Å². The highest BCUT2D eigenvalue weighted by Gasteiger charge is 2.18. The number of rotatable bonds is 7. The van der Waals surface area contributed by atoms with Gasteiger partial charge in [0.25, 0.3) is 0 Å². The fourth-order valence-corrected chi connectivity index (χ4v) is 2.02. The number of nitrogens with two attached hydrogens (primary N) is 1. The number of nitrogens with one attached hydrogen (secondary N) is 2. The van der Waals surface area contributed by atoms with E-state index >= 15 is 0 Å². The number of anilines is 1. The molecule has 0 spiro atoms. The maximum Gasteiger partial charge on any atom is 0.238 e. The first-order chi connectivity index (χ1) is 9.67. The van der Waals surface area contributed by atoms with Gasteiger partial charge in [-0.2, -0.15) is 0 Å². The van der Waals surface area contributed by atoms with E-state index < -0.39 is 5.54 Å². The standard InChI is InChI=1S/C13H22N4O3S/c1-8-5-10(17-20-8)16-12(19)9(2)21-6-11(18)15-7-13(3,4)14/h5,9H,6-7,14H2,1-4H3,(H,15,18)(H,16,17,19). The smallest absolute Gasteiger partial charge is 0.238 e. The summed E-state index contributed by atoms with van der Waals surface area (Å²) in [6, 6.07) is 1.63. The highest BCUT2D eigenvalue weighted by molar-refractivity contribution is 8.01. The first-order valence-electron chi connectivity index (χ1n) is 6.59. The summed E-state index contributed by atoms with van der Waals surface area (Å²) >= 11 is 1.25. The molecule has 0 bridgehead atoms. The van der Waals surface area contributed by atoms with E-state index in [9.17, 15) is 9.59 Å². The molecule has 1 aromatic rings. The Morgan fingerprint density at radius 3 is 2.71 bits per heavy atom. The van der Waals surface area contributed by atoms with E-state index in [1.807, 2.05) is 13.8 Å². The lowest BCUT2D eigenvalue weighted by Crippen LogP contribution is -2.45. The normalized spacial score (nSPS) is 12.8. The summed E-state index contributed by atoms with van der Waals surface area (Å²) in [5.74, 6) is 0.826. The first kappa shape index (κ1) is 17.5. The average Bonchev–Trinajstić information content (AvgIpc) is 2.78. The molecule has 0 saturated heterocycles. The molecule has 0 radical (unpaired) electrons. The third-order valence-corrected chi connectivity index (χ3v) is 3.60. The number of nitrogens with zero attached hydrogens (tertiary/aromatic N) is 1. The van der Waals surface area contributed by atoms with Crippen molar-refractivity contribution in [2.45, 2.75) is 38.5 Å². The Morgan fingerprint density at radius 2 is 2.19 bits per heavy atom. The molecule has 0 aliphatic heterocycles. The lowest BCUT2D eigenvalue weighted by atomic mass is 10.1. The van der Waals surface area contributed by atoms with E-state index in [2.05, 4.69) is 15.8 Å². The Hall–Kier alpha value is -1.54. The summed E-state index contributed by atoms with van der Waals surface area (Å²) in [6.45, 7) is 7.52. The van der Waals surface area contributed by atoms with Gasteiger partial charge in [0.15, 0.2) is 5.82 Å². The Labute approximate surface area is 128 Å². The molecule has 0 aromatic carbocycles. The zero-order chi connectivity index (χ0) is 16.0. The second kappa shape index (κ2) is 7.46. The molecule has 8 heteroatoms. The molecular weight excluding hydrogens is 292 g/mol. The largest absolute Gasteiger partial charge is 0.360 e. The second-order valence-electron chi connectivity index (χ2n) is 5.53. The molecule has 2 amide bonds. The number of amides is 2. The molecule has 1 heterocycles. The number of aryl methyl sites for hydroxylation is 1. The highest BCUT2D eigenvalue weighted by atomic mass is 32.2. The van der Waals surface area contributed by atoms with Crippen LogP contribution in [-0.4, -0.2) is 40.1 Å². The summed E-state index contributed by atoms with van der Waals surface area (Å²) in [5.41, 5.74) is 5.32. The van der Waals surface area contributed by atoms with Crippen molar-refractivity contribution in [1.29, 1.82) is 0 Å². The Bertz CT molecular complexity index is 496. The number of hydrogen-bond donors (Lipinski definition) is 3. The van der Waals surface area contributed by atoms with Gasteiger partial charge in [-0.05, 0) is 27.7 Å². The third-order valence-electron chi connectivity index (χ3n) is 2.45. The van der Waals surface area contributed by atoms with Gasteiger partial charge in [0.2, 0.25) is 11.8 Å². The van der Waals surface area contributed by atoms with Crippen LogP contribution >= 0.6 is 11.8 Å². The second-order valence-corrected chi connectivity index (χ2v) is 6.86. The van der Waals surface area contributed by atoms with Crippen molar-refractivity contribution in [1.82, 2.24) is 10.5 Å². The van der Waals surface area contributed by atoms with E-state index in [1.54, 1.807) is 19.9 Å². The summed E-state index contributed by atoms with van der Waals surface area (Å²) < 4.78 is 4.86. The molecule has 118 valence electrons. The van der Waals surface area contributed by atoms with Crippen LogP contribution in [0.25, 0.3) is 0 Å². The van der Waals surface area contributed by atoms with Crippen molar-refractivity contribution >= 4 is 29.4 Å². The van der Waals surface area contributed by atoms with Crippen LogP contribution in [0.4, 0.5) is 5.82 Å². The van der Waals surface area contributed by atoms with E-state index in [0.717, 1.165) is 0 Å². The maximum atomic E-state index is 11.9. The Kier molecular flexibility index (Phi) is 6.22. The Morgan fingerprint density at radius 1 is 1.52 bits per heavy atom. The predicted molar refractivity (Wildman–Crippen MR) is 83.1 cm³/mol. The van der Waals surface area contributed by atoms with Crippen molar-refractivity contribution in [3.05, 3.63) is 11.8 Å². The van der Waals surface area contributed by atoms with E-state index in [4.69, 9.17) is 10.3 Å². The van der Waals surface area contributed by atoms with Crippen molar-refractivity contribution < 1.29 is 14.1 Å². The van der Waals surface area contributed by atoms with Crippen LogP contribution in [0.2, 0.25) is 0 Å². The number of carbonyl (C=O) groups excluding carboxylic acids is 2. The van der Waals surface area contributed by atoms with Gasteiger partial charge in [-0.3, -0.25) is 9.59 Å². The predicted octanol–water partition coefficient (Wildman–Crippen LogP) is 0.897. The minimum absolute atomic E-state index is 0.143. The minimum Gasteiger partial charge on any atom is -0.360 e. The van der Waals surface area contributed by atoms with E-state index in [1.165, 1.54) is 11.8 Å². The van der Waals surface area contributed by atoms with Gasteiger partial charge in [0.05, 0.1) is 11.0 Å². The van der Waals surface area contributed by atoms with Crippen LogP contribution in [0, 0.1) is 6.92 Å². The third kappa shape index (κ3) is 7.14. The van der Waals surface area contributed by atoms with E-state index in [0.29, 0.717) is 18.1 Å². The van der Waals surface area contributed by atoms with E-state index in [-0.39, 0.29) is 22.8 Å². The van der Waals surface area contributed by atoms with Crippen LogP contribution in [0.15, 0.2) is 10.6 Å². The fourth-order valence-electron chi connectivity index (χ4n) is 1.31. The average molecular weight is 314 g/mol. The molecule has 0 aliphatic carbocycles. The molecular formula is C13H22N4O3S. The molecule has 0 aliphatic rings. The molecule has 1 atom stereocenters. The number of aromatic nitrogens is 1. The van der Waals surface area contributed by atoms with Crippen LogP contribution in [0.5, 0.6) is 0 Å². The summed E-state index contributed by atoms with van der Waals surface area (Å²) in [5, 5.41) is 8.66. The van der Waals surface area contributed by atoms with Crippen molar-refractivity contribution in [3.8, 4) is 0 Å². The molecule has 21 heavy (non-hydrogen) atoms.